The Morgan fingerprint density at radius 1 is 1.19 bits per heavy atom. The first-order valence-corrected chi connectivity index (χ1v) is 9.31. The number of benzene rings is 1. The Balaban J connectivity index is 1.51. The van der Waals surface area contributed by atoms with Crippen LogP contribution in [0, 0.1) is 11.3 Å². The molecule has 3 rings (SSSR count). The first kappa shape index (κ1) is 18.2. The Labute approximate surface area is 157 Å². The van der Waals surface area contributed by atoms with E-state index in [4.69, 9.17) is 9.47 Å². The number of nitrogens with zero attached hydrogens (tertiary/aromatic N) is 3. The Morgan fingerprint density at radius 3 is 2.54 bits per heavy atom. The number of rotatable bonds is 6. The Hall–Kier alpha value is -2.56. The molecule has 1 aromatic heterocycles. The van der Waals surface area contributed by atoms with E-state index in [0.29, 0.717) is 37.7 Å². The molecule has 1 atom stereocenters. The van der Waals surface area contributed by atoms with Crippen LogP contribution in [0.5, 0.6) is 11.5 Å². The third kappa shape index (κ3) is 4.15. The van der Waals surface area contributed by atoms with Crippen molar-refractivity contribution >= 4 is 17.2 Å². The topological polar surface area (TPSA) is 65.8 Å². The number of piperazine rings is 1. The maximum Gasteiger partial charge on any atom is 0.260 e. The van der Waals surface area contributed by atoms with Gasteiger partial charge in [0.1, 0.15) is 6.04 Å². The van der Waals surface area contributed by atoms with Crippen LogP contribution >= 0.6 is 11.3 Å². The minimum atomic E-state index is -0.239. The molecule has 0 aliphatic carbocycles. The van der Waals surface area contributed by atoms with Crippen molar-refractivity contribution in [2.24, 2.45) is 0 Å². The number of carbonyl (C=O) groups excluding carboxylic acids is 1. The van der Waals surface area contributed by atoms with Crippen molar-refractivity contribution < 1.29 is 14.3 Å². The number of hydrogen-bond donors (Lipinski definition) is 0. The van der Waals surface area contributed by atoms with Crippen molar-refractivity contribution in [3.63, 3.8) is 0 Å². The number of amides is 1. The van der Waals surface area contributed by atoms with Gasteiger partial charge in [-0.25, -0.2) is 0 Å². The standard InChI is InChI=1S/C19H21N3O3S/c1-24-16-5-2-3-6-17(16)25-14-19(23)22-10-8-21(9-11-22)15(13-20)18-7-4-12-26-18/h2-7,12,15H,8-11,14H2,1H3. The minimum absolute atomic E-state index is 0.0209. The second-order valence-corrected chi connectivity index (χ2v) is 6.88. The summed E-state index contributed by atoms with van der Waals surface area (Å²) in [5.41, 5.74) is 0. The Kier molecular flexibility index (Phi) is 6.10. The van der Waals surface area contributed by atoms with Crippen molar-refractivity contribution in [1.29, 1.82) is 5.26 Å². The molecule has 2 aromatic rings. The van der Waals surface area contributed by atoms with Crippen molar-refractivity contribution in [3.8, 4) is 17.6 Å². The van der Waals surface area contributed by atoms with E-state index in [2.05, 4.69) is 11.0 Å². The lowest BCUT2D eigenvalue weighted by atomic mass is 10.2. The van der Waals surface area contributed by atoms with Crippen molar-refractivity contribution in [2.75, 3.05) is 39.9 Å². The normalized spacial score (nSPS) is 15.9. The summed E-state index contributed by atoms with van der Waals surface area (Å²) < 4.78 is 10.8. The molecule has 0 saturated carbocycles. The average Bonchev–Trinajstić information content (AvgIpc) is 3.22. The predicted molar refractivity (Wildman–Crippen MR) is 99.3 cm³/mol. The molecule has 0 N–H and O–H groups in total. The summed E-state index contributed by atoms with van der Waals surface area (Å²) >= 11 is 1.59. The first-order chi connectivity index (χ1) is 12.7. The van der Waals surface area contributed by atoms with E-state index in [1.54, 1.807) is 35.5 Å². The lowest BCUT2D eigenvalue weighted by Gasteiger charge is -2.36. The van der Waals surface area contributed by atoms with Crippen molar-refractivity contribution in [2.45, 2.75) is 6.04 Å². The van der Waals surface area contributed by atoms with Gasteiger partial charge in [-0.2, -0.15) is 5.26 Å². The third-order valence-electron chi connectivity index (χ3n) is 4.39. The van der Waals surface area contributed by atoms with Gasteiger partial charge in [0.05, 0.1) is 13.2 Å². The van der Waals surface area contributed by atoms with E-state index in [9.17, 15) is 10.1 Å². The number of nitriles is 1. The first-order valence-electron chi connectivity index (χ1n) is 8.43. The SMILES string of the molecule is COc1ccccc1OCC(=O)N1CCN(C(C#N)c2cccs2)CC1. The summed E-state index contributed by atoms with van der Waals surface area (Å²) in [6.45, 7) is 2.52. The molecule has 26 heavy (non-hydrogen) atoms. The summed E-state index contributed by atoms with van der Waals surface area (Å²) in [7, 11) is 1.57. The van der Waals surface area contributed by atoms with Gasteiger partial charge in [-0.05, 0) is 23.6 Å². The van der Waals surface area contributed by atoms with Crippen LogP contribution in [0.3, 0.4) is 0 Å². The maximum atomic E-state index is 12.4. The zero-order valence-electron chi connectivity index (χ0n) is 14.6. The highest BCUT2D eigenvalue weighted by atomic mass is 32.1. The van der Waals surface area contributed by atoms with Crippen LogP contribution in [-0.2, 0) is 4.79 Å². The molecule has 1 unspecified atom stereocenters. The summed E-state index contributed by atoms with van der Waals surface area (Å²) in [6.07, 6.45) is 0. The van der Waals surface area contributed by atoms with Gasteiger partial charge in [0.2, 0.25) is 0 Å². The van der Waals surface area contributed by atoms with Crippen LogP contribution in [0.15, 0.2) is 41.8 Å². The predicted octanol–water partition coefficient (Wildman–Crippen LogP) is 2.54. The van der Waals surface area contributed by atoms with E-state index < -0.39 is 0 Å². The molecular formula is C19H21N3O3S. The lowest BCUT2D eigenvalue weighted by molar-refractivity contribution is -0.135. The lowest BCUT2D eigenvalue weighted by Crippen LogP contribution is -2.50. The van der Waals surface area contributed by atoms with Gasteiger partial charge in [-0.15, -0.1) is 11.3 Å². The number of thiophene rings is 1. The number of ether oxygens (including phenoxy) is 2. The van der Waals surface area contributed by atoms with Gasteiger partial charge in [-0.3, -0.25) is 9.69 Å². The molecule has 1 amide bonds. The average molecular weight is 371 g/mol. The second kappa shape index (κ2) is 8.70. The molecule has 0 spiro atoms. The van der Waals surface area contributed by atoms with Gasteiger partial charge in [-0.1, -0.05) is 18.2 Å². The molecule has 2 heterocycles. The Morgan fingerprint density at radius 2 is 1.92 bits per heavy atom. The molecule has 1 aliphatic heterocycles. The van der Waals surface area contributed by atoms with Crippen LogP contribution in [0.25, 0.3) is 0 Å². The quantitative estimate of drug-likeness (QED) is 0.781. The summed E-state index contributed by atoms with van der Waals surface area (Å²) in [5.74, 6) is 1.11. The van der Waals surface area contributed by atoms with E-state index in [1.165, 1.54) is 0 Å². The van der Waals surface area contributed by atoms with E-state index >= 15 is 0 Å². The Bertz CT molecular complexity index is 765. The molecule has 0 radical (unpaired) electrons. The number of methoxy groups -OCH3 is 1. The van der Waals surface area contributed by atoms with Crippen LogP contribution < -0.4 is 9.47 Å². The number of para-hydroxylation sites is 2. The van der Waals surface area contributed by atoms with Gasteiger partial charge >= 0.3 is 0 Å². The number of hydrogen-bond acceptors (Lipinski definition) is 6. The minimum Gasteiger partial charge on any atom is -0.493 e. The second-order valence-electron chi connectivity index (χ2n) is 5.90. The molecule has 1 aromatic carbocycles. The summed E-state index contributed by atoms with van der Waals surface area (Å²) in [4.78, 5) is 17.4. The third-order valence-corrected chi connectivity index (χ3v) is 5.31. The van der Waals surface area contributed by atoms with Gasteiger partial charge < -0.3 is 14.4 Å². The fourth-order valence-electron chi connectivity index (χ4n) is 2.97. The van der Waals surface area contributed by atoms with Gasteiger partial charge in [0.25, 0.3) is 5.91 Å². The monoisotopic (exact) mass is 371 g/mol. The van der Waals surface area contributed by atoms with Crippen molar-refractivity contribution in [1.82, 2.24) is 9.80 Å². The van der Waals surface area contributed by atoms with Crippen LogP contribution in [-0.4, -0.2) is 55.6 Å². The molecule has 136 valence electrons. The molecule has 1 fully saturated rings. The zero-order valence-corrected chi connectivity index (χ0v) is 15.4. The molecule has 6 nitrogen and oxygen atoms in total. The van der Waals surface area contributed by atoms with Crippen LogP contribution in [0.2, 0.25) is 0 Å². The molecule has 0 bridgehead atoms. The summed E-state index contributed by atoms with van der Waals surface area (Å²) in [6, 6.07) is 13.3. The smallest absolute Gasteiger partial charge is 0.260 e. The van der Waals surface area contributed by atoms with Crippen LogP contribution in [0.1, 0.15) is 10.9 Å². The molecular weight excluding hydrogens is 350 g/mol. The highest BCUT2D eigenvalue weighted by Gasteiger charge is 2.27. The molecule has 1 saturated heterocycles. The number of carbonyl (C=O) groups is 1. The molecule has 1 aliphatic rings. The highest BCUT2D eigenvalue weighted by Crippen LogP contribution is 2.27. The fraction of sp³-hybridized carbons (Fsp3) is 0.368. The van der Waals surface area contributed by atoms with E-state index in [1.807, 2.05) is 29.6 Å². The fourth-order valence-corrected chi connectivity index (χ4v) is 3.77. The van der Waals surface area contributed by atoms with Crippen LogP contribution in [0.4, 0.5) is 0 Å². The summed E-state index contributed by atoms with van der Waals surface area (Å²) in [5, 5.41) is 11.5. The van der Waals surface area contributed by atoms with E-state index in [0.717, 1.165) is 4.88 Å². The van der Waals surface area contributed by atoms with Gasteiger partial charge in [0, 0.05) is 31.1 Å². The largest absolute Gasteiger partial charge is 0.493 e. The maximum absolute atomic E-state index is 12.4. The zero-order chi connectivity index (χ0) is 18.4. The van der Waals surface area contributed by atoms with E-state index in [-0.39, 0.29) is 18.6 Å². The van der Waals surface area contributed by atoms with Gasteiger partial charge in [0.15, 0.2) is 18.1 Å². The van der Waals surface area contributed by atoms with Crippen molar-refractivity contribution in [3.05, 3.63) is 46.7 Å². The highest BCUT2D eigenvalue weighted by molar-refractivity contribution is 7.10. The molecule has 7 heteroatoms.